The first kappa shape index (κ1) is 22.5. The molecule has 31 heavy (non-hydrogen) atoms. The van der Waals surface area contributed by atoms with Crippen LogP contribution in [-0.2, 0) is 4.79 Å². The van der Waals surface area contributed by atoms with Crippen molar-refractivity contribution in [3.05, 3.63) is 68.7 Å². The van der Waals surface area contributed by atoms with Crippen molar-refractivity contribution in [2.45, 2.75) is 44.3 Å². The van der Waals surface area contributed by atoms with Crippen molar-refractivity contribution < 1.29 is 14.4 Å². The minimum absolute atomic E-state index is 0.184. The number of rotatable bonds is 4. The van der Waals surface area contributed by atoms with Gasteiger partial charge in [0.05, 0.1) is 23.7 Å². The van der Waals surface area contributed by atoms with Crippen LogP contribution in [0, 0.1) is 0 Å². The van der Waals surface area contributed by atoms with Gasteiger partial charge in [-0.15, -0.1) is 0 Å². The fraction of sp³-hybridized carbons (Fsp3) is 0.375. The minimum atomic E-state index is -0.845. The van der Waals surface area contributed by atoms with Crippen molar-refractivity contribution in [1.29, 1.82) is 0 Å². The number of halogens is 3. The van der Waals surface area contributed by atoms with Crippen LogP contribution >= 0.6 is 34.8 Å². The van der Waals surface area contributed by atoms with Gasteiger partial charge in [-0.05, 0) is 56.0 Å². The maximum absolute atomic E-state index is 12.7. The summed E-state index contributed by atoms with van der Waals surface area (Å²) in [5.74, 6) is -0.845. The fourth-order valence-corrected chi connectivity index (χ4v) is 6.04. The number of carboxylic acids is 1. The van der Waals surface area contributed by atoms with Crippen molar-refractivity contribution in [3.8, 4) is 0 Å². The number of carboxylic acid groups (broad SMARTS) is 1. The molecule has 0 bridgehead atoms. The van der Waals surface area contributed by atoms with Crippen LogP contribution in [0.15, 0.2) is 42.5 Å². The van der Waals surface area contributed by atoms with Crippen LogP contribution in [-0.4, -0.2) is 46.8 Å². The second-order valence-corrected chi connectivity index (χ2v) is 9.87. The Balaban J connectivity index is 2.03. The fourth-order valence-electron chi connectivity index (χ4n) is 5.41. The van der Waals surface area contributed by atoms with E-state index in [1.807, 2.05) is 48.3 Å². The molecular formula is C24H26Cl3N2O2+. The number of quaternary nitrogens is 1. The molecule has 0 spiro atoms. The predicted molar refractivity (Wildman–Crippen MR) is 127 cm³/mol. The molecule has 1 N–H and O–H groups in total. The van der Waals surface area contributed by atoms with Crippen LogP contribution in [0.25, 0.3) is 11.4 Å². The number of nitrogens with zero attached hydrogens (tertiary/aromatic N) is 2. The van der Waals surface area contributed by atoms with Crippen molar-refractivity contribution in [2.24, 2.45) is 0 Å². The topological polar surface area (TPSA) is 40.5 Å². The molecule has 2 atom stereocenters. The van der Waals surface area contributed by atoms with E-state index >= 15 is 0 Å². The molecule has 2 aliphatic rings. The van der Waals surface area contributed by atoms with Gasteiger partial charge in [0.15, 0.2) is 5.70 Å². The van der Waals surface area contributed by atoms with E-state index in [0.29, 0.717) is 15.1 Å². The molecule has 2 aromatic carbocycles. The van der Waals surface area contributed by atoms with Gasteiger partial charge in [-0.25, -0.2) is 4.79 Å². The lowest BCUT2D eigenvalue weighted by molar-refractivity contribution is -0.887. The maximum Gasteiger partial charge on any atom is 0.385 e. The molecule has 0 saturated heterocycles. The molecule has 1 fully saturated rings. The van der Waals surface area contributed by atoms with Gasteiger partial charge in [0.25, 0.3) is 6.17 Å². The van der Waals surface area contributed by atoms with Gasteiger partial charge in [0, 0.05) is 22.7 Å². The lowest BCUT2D eigenvalue weighted by atomic mass is 9.90. The molecule has 1 aliphatic heterocycles. The highest BCUT2D eigenvalue weighted by Gasteiger charge is 2.57. The van der Waals surface area contributed by atoms with E-state index in [9.17, 15) is 9.90 Å². The summed E-state index contributed by atoms with van der Waals surface area (Å²) in [7, 11) is 3.91. The molecule has 0 radical (unpaired) electrons. The number of aliphatic carboxylic acids is 1. The zero-order chi connectivity index (χ0) is 22.3. The van der Waals surface area contributed by atoms with E-state index in [2.05, 4.69) is 7.05 Å². The monoisotopic (exact) mass is 479 g/mol. The van der Waals surface area contributed by atoms with Crippen molar-refractivity contribution in [3.63, 3.8) is 0 Å². The summed E-state index contributed by atoms with van der Waals surface area (Å²) in [4.78, 5) is 14.5. The van der Waals surface area contributed by atoms with E-state index in [0.717, 1.165) is 48.2 Å². The molecule has 0 amide bonds. The van der Waals surface area contributed by atoms with E-state index in [4.69, 9.17) is 34.8 Å². The molecule has 0 aromatic heterocycles. The lowest BCUT2D eigenvalue weighted by Gasteiger charge is -2.44. The molecule has 4 nitrogen and oxygen atoms in total. The summed E-state index contributed by atoms with van der Waals surface area (Å²) in [6, 6.07) is 13.2. The number of benzene rings is 2. The summed E-state index contributed by atoms with van der Waals surface area (Å²) < 4.78 is 0.283. The Hall–Kier alpha value is -1.72. The third kappa shape index (κ3) is 3.84. The summed E-state index contributed by atoms with van der Waals surface area (Å²) in [5, 5.41) is 12.1. The number of hydrogen-bond donors (Lipinski definition) is 1. The molecule has 2 aromatic rings. The molecule has 1 aliphatic carbocycles. The number of carbonyl (C=O) groups is 1. The predicted octanol–water partition coefficient (Wildman–Crippen LogP) is 6.61. The Morgan fingerprint density at radius 1 is 1.00 bits per heavy atom. The third-order valence-corrected chi connectivity index (χ3v) is 7.59. The normalized spacial score (nSPS) is 24.7. The van der Waals surface area contributed by atoms with Crippen LogP contribution in [0.2, 0.25) is 15.1 Å². The third-order valence-electron chi connectivity index (χ3n) is 6.79. The van der Waals surface area contributed by atoms with Gasteiger partial charge < -0.3 is 10.0 Å². The highest BCUT2D eigenvalue weighted by Crippen LogP contribution is 2.50. The second kappa shape index (κ2) is 8.67. The first-order chi connectivity index (χ1) is 14.7. The molecule has 1 saturated carbocycles. The van der Waals surface area contributed by atoms with Crippen LogP contribution < -0.4 is 0 Å². The summed E-state index contributed by atoms with van der Waals surface area (Å²) in [6.45, 7) is 0. The SMILES string of the molecule is CN1C(c2ccc(Cl)cc2)=C(c2ccc(Cl)cc2Cl)[N+](C)(C2CCCCC2)C1C(=O)O. The average Bonchev–Trinajstić information content (AvgIpc) is 2.97. The Morgan fingerprint density at radius 2 is 1.61 bits per heavy atom. The average molecular weight is 481 g/mol. The zero-order valence-electron chi connectivity index (χ0n) is 17.6. The van der Waals surface area contributed by atoms with Crippen LogP contribution in [0.4, 0.5) is 0 Å². The smallest absolute Gasteiger partial charge is 0.385 e. The van der Waals surface area contributed by atoms with E-state index < -0.39 is 12.1 Å². The summed E-state index contributed by atoms with van der Waals surface area (Å²) in [6.07, 6.45) is 4.61. The van der Waals surface area contributed by atoms with Gasteiger partial charge in [-0.2, -0.15) is 0 Å². The summed E-state index contributed by atoms with van der Waals surface area (Å²) in [5.41, 5.74) is 3.52. The Kier molecular flexibility index (Phi) is 6.28. The van der Waals surface area contributed by atoms with Crippen molar-refractivity contribution in [1.82, 2.24) is 4.90 Å². The zero-order valence-corrected chi connectivity index (χ0v) is 19.9. The summed E-state index contributed by atoms with van der Waals surface area (Å²) >= 11 is 19.1. The number of likely N-dealkylation sites (N-methyl/N-ethyl adjacent to an activating group) is 2. The maximum atomic E-state index is 12.7. The van der Waals surface area contributed by atoms with E-state index in [1.54, 1.807) is 6.07 Å². The van der Waals surface area contributed by atoms with Crippen molar-refractivity contribution in [2.75, 3.05) is 14.1 Å². The number of hydrogen-bond acceptors (Lipinski definition) is 2. The van der Waals surface area contributed by atoms with Crippen LogP contribution in [0.1, 0.15) is 43.2 Å². The van der Waals surface area contributed by atoms with Gasteiger partial charge in [0.1, 0.15) is 5.70 Å². The Labute approximate surface area is 198 Å². The Bertz CT molecular complexity index is 1030. The first-order valence-electron chi connectivity index (χ1n) is 10.5. The lowest BCUT2D eigenvalue weighted by Crippen LogP contribution is -2.61. The van der Waals surface area contributed by atoms with E-state index in [-0.39, 0.29) is 10.5 Å². The van der Waals surface area contributed by atoms with Gasteiger partial charge >= 0.3 is 5.97 Å². The highest BCUT2D eigenvalue weighted by atomic mass is 35.5. The molecule has 2 unspecified atom stereocenters. The van der Waals surface area contributed by atoms with Crippen LogP contribution in [0.5, 0.6) is 0 Å². The Morgan fingerprint density at radius 3 is 2.19 bits per heavy atom. The van der Waals surface area contributed by atoms with Gasteiger partial charge in [0.2, 0.25) is 0 Å². The molecule has 164 valence electrons. The standard InChI is InChI=1S/C24H25Cl3N2O2/c1-28-21(15-8-10-16(25)11-9-15)22(19-13-12-17(26)14-20(19)27)29(2,23(28)24(30)31)18-6-4-3-5-7-18/h8-14,18,23H,3-7H2,1-2H3/p+1. The van der Waals surface area contributed by atoms with Gasteiger partial charge in [-0.3, -0.25) is 4.48 Å². The molecule has 4 rings (SSSR count). The second-order valence-electron chi connectivity index (χ2n) is 8.59. The molecule has 1 heterocycles. The molecule has 7 heteroatoms. The van der Waals surface area contributed by atoms with Crippen molar-refractivity contribution >= 4 is 52.2 Å². The molecular weight excluding hydrogens is 455 g/mol. The first-order valence-corrected chi connectivity index (χ1v) is 11.7. The minimum Gasteiger partial charge on any atom is -0.475 e. The quantitative estimate of drug-likeness (QED) is 0.501. The highest BCUT2D eigenvalue weighted by molar-refractivity contribution is 6.36. The largest absolute Gasteiger partial charge is 0.475 e. The van der Waals surface area contributed by atoms with E-state index in [1.165, 1.54) is 6.42 Å². The van der Waals surface area contributed by atoms with Crippen LogP contribution in [0.3, 0.4) is 0 Å². The van der Waals surface area contributed by atoms with Gasteiger partial charge in [-0.1, -0.05) is 53.4 Å².